The molecule has 0 aromatic heterocycles. The molecule has 0 heterocycles. The molecule has 3 nitrogen and oxygen atoms in total. The Kier molecular flexibility index (Phi) is 4.35. The smallest absolute Gasteiger partial charge is 0.0571 e. The topological polar surface area (TPSA) is 55.5 Å². The van der Waals surface area contributed by atoms with E-state index in [2.05, 4.69) is 6.92 Å². The molecule has 0 aromatic rings. The van der Waals surface area contributed by atoms with Gasteiger partial charge in [0.1, 0.15) is 0 Å². The van der Waals surface area contributed by atoms with Crippen molar-refractivity contribution in [3.05, 3.63) is 0 Å². The van der Waals surface area contributed by atoms with Gasteiger partial charge in [0.25, 0.3) is 0 Å². The maximum Gasteiger partial charge on any atom is 0.0571 e. The van der Waals surface area contributed by atoms with E-state index in [1.165, 1.54) is 0 Å². The largest absolute Gasteiger partial charge is 0.396 e. The van der Waals surface area contributed by atoms with E-state index in [0.29, 0.717) is 6.10 Å². The molecule has 0 aliphatic heterocycles. The van der Waals surface area contributed by atoms with Crippen molar-refractivity contribution in [2.75, 3.05) is 13.7 Å². The fourth-order valence-corrected chi connectivity index (χ4v) is 2.56. The predicted molar refractivity (Wildman–Crippen MR) is 57.1 cm³/mol. The molecule has 1 saturated carbocycles. The summed E-state index contributed by atoms with van der Waals surface area (Å²) in [5.74, 6) is 0. The Morgan fingerprint density at radius 3 is 2.43 bits per heavy atom. The zero-order valence-corrected chi connectivity index (χ0v) is 9.33. The highest BCUT2D eigenvalue weighted by Crippen LogP contribution is 2.41. The molecule has 1 unspecified atom stereocenters. The lowest BCUT2D eigenvalue weighted by Gasteiger charge is -2.42. The van der Waals surface area contributed by atoms with E-state index in [1.54, 1.807) is 7.11 Å². The average Bonchev–Trinajstić information content (AvgIpc) is 2.19. The van der Waals surface area contributed by atoms with Gasteiger partial charge in [-0.2, -0.15) is 0 Å². The third-order valence-electron chi connectivity index (χ3n) is 3.84. The number of ether oxygens (including phenoxy) is 1. The van der Waals surface area contributed by atoms with Crippen LogP contribution in [-0.4, -0.2) is 31.0 Å². The number of hydrogen-bond acceptors (Lipinski definition) is 3. The molecule has 1 aliphatic carbocycles. The fraction of sp³-hybridized carbons (Fsp3) is 1.00. The van der Waals surface area contributed by atoms with E-state index in [0.717, 1.165) is 32.1 Å². The first kappa shape index (κ1) is 12.0. The maximum absolute atomic E-state index is 9.07. The lowest BCUT2D eigenvalue weighted by atomic mass is 9.67. The Morgan fingerprint density at radius 1 is 1.50 bits per heavy atom. The highest BCUT2D eigenvalue weighted by molar-refractivity contribution is 4.91. The van der Waals surface area contributed by atoms with Crippen LogP contribution in [0.1, 0.15) is 39.0 Å². The number of hydrogen-bond donors (Lipinski definition) is 2. The summed E-state index contributed by atoms with van der Waals surface area (Å²) < 4.78 is 5.34. The highest BCUT2D eigenvalue weighted by atomic mass is 16.5. The molecule has 1 atom stereocenters. The van der Waals surface area contributed by atoms with Crippen LogP contribution in [0.15, 0.2) is 0 Å². The van der Waals surface area contributed by atoms with E-state index in [4.69, 9.17) is 15.6 Å². The molecule has 0 bridgehead atoms. The standard InChI is InChI=1S/C11H23NO2/c1-9(12)11(7-8-13)5-3-10(14-2)4-6-11/h9-10,13H,3-8,12H2,1-2H3. The summed E-state index contributed by atoms with van der Waals surface area (Å²) in [6, 6.07) is 0.174. The minimum Gasteiger partial charge on any atom is -0.396 e. The van der Waals surface area contributed by atoms with Crippen molar-refractivity contribution in [1.29, 1.82) is 0 Å². The minimum atomic E-state index is 0.157. The summed E-state index contributed by atoms with van der Waals surface area (Å²) in [5, 5.41) is 9.07. The molecule has 3 N–H and O–H groups in total. The van der Waals surface area contributed by atoms with Crippen LogP contribution in [0.4, 0.5) is 0 Å². The second-order valence-corrected chi connectivity index (χ2v) is 4.56. The Bertz CT molecular complexity index is 163. The van der Waals surface area contributed by atoms with E-state index >= 15 is 0 Å². The molecule has 1 fully saturated rings. The van der Waals surface area contributed by atoms with Gasteiger partial charge >= 0.3 is 0 Å². The van der Waals surface area contributed by atoms with Gasteiger partial charge in [0.15, 0.2) is 0 Å². The fourth-order valence-electron chi connectivity index (χ4n) is 2.56. The maximum atomic E-state index is 9.07. The summed E-state index contributed by atoms with van der Waals surface area (Å²) in [6.07, 6.45) is 5.57. The molecule has 0 spiro atoms. The third kappa shape index (κ3) is 2.47. The van der Waals surface area contributed by atoms with Gasteiger partial charge in [-0.05, 0) is 44.4 Å². The highest BCUT2D eigenvalue weighted by Gasteiger charge is 2.37. The molecule has 0 aromatic carbocycles. The van der Waals surface area contributed by atoms with Crippen molar-refractivity contribution in [3.63, 3.8) is 0 Å². The van der Waals surface area contributed by atoms with Gasteiger partial charge in [-0.15, -0.1) is 0 Å². The van der Waals surface area contributed by atoms with Crippen LogP contribution in [0.25, 0.3) is 0 Å². The quantitative estimate of drug-likeness (QED) is 0.720. The molecule has 14 heavy (non-hydrogen) atoms. The third-order valence-corrected chi connectivity index (χ3v) is 3.84. The van der Waals surface area contributed by atoms with Gasteiger partial charge in [0.05, 0.1) is 6.10 Å². The first-order chi connectivity index (χ1) is 6.64. The molecular formula is C11H23NO2. The number of nitrogens with two attached hydrogens (primary N) is 1. The lowest BCUT2D eigenvalue weighted by molar-refractivity contribution is 0.00796. The van der Waals surface area contributed by atoms with Crippen molar-refractivity contribution >= 4 is 0 Å². The average molecular weight is 201 g/mol. The summed E-state index contributed by atoms with van der Waals surface area (Å²) >= 11 is 0. The van der Waals surface area contributed by atoms with Crippen LogP contribution >= 0.6 is 0 Å². The summed E-state index contributed by atoms with van der Waals surface area (Å²) in [7, 11) is 1.77. The molecular weight excluding hydrogens is 178 g/mol. The minimum absolute atomic E-state index is 0.157. The van der Waals surface area contributed by atoms with Crippen LogP contribution in [0.2, 0.25) is 0 Å². The number of rotatable bonds is 4. The molecule has 84 valence electrons. The Labute approximate surface area is 86.6 Å². The van der Waals surface area contributed by atoms with Crippen LogP contribution in [0.5, 0.6) is 0 Å². The van der Waals surface area contributed by atoms with Crippen LogP contribution in [0, 0.1) is 5.41 Å². The molecule has 3 heteroatoms. The summed E-state index contributed by atoms with van der Waals surface area (Å²) in [4.78, 5) is 0. The van der Waals surface area contributed by atoms with Crippen molar-refractivity contribution in [2.24, 2.45) is 11.1 Å². The first-order valence-electron chi connectivity index (χ1n) is 5.54. The van der Waals surface area contributed by atoms with Crippen molar-refractivity contribution in [2.45, 2.75) is 51.2 Å². The molecule has 1 aliphatic rings. The van der Waals surface area contributed by atoms with E-state index in [-0.39, 0.29) is 18.1 Å². The van der Waals surface area contributed by atoms with E-state index in [9.17, 15) is 0 Å². The SMILES string of the molecule is COC1CCC(CCO)(C(C)N)CC1. The normalized spacial score (nSPS) is 35.6. The zero-order valence-electron chi connectivity index (χ0n) is 9.33. The Balaban J connectivity index is 2.55. The number of aliphatic hydroxyl groups is 1. The lowest BCUT2D eigenvalue weighted by Crippen LogP contribution is -2.44. The van der Waals surface area contributed by atoms with Gasteiger partial charge < -0.3 is 15.6 Å². The Morgan fingerprint density at radius 2 is 2.07 bits per heavy atom. The number of methoxy groups -OCH3 is 1. The molecule has 0 amide bonds. The van der Waals surface area contributed by atoms with Gasteiger partial charge in [-0.3, -0.25) is 0 Å². The summed E-state index contributed by atoms with van der Waals surface area (Å²) in [6.45, 7) is 2.31. The van der Waals surface area contributed by atoms with Gasteiger partial charge in [-0.1, -0.05) is 0 Å². The van der Waals surface area contributed by atoms with E-state index < -0.39 is 0 Å². The van der Waals surface area contributed by atoms with Gasteiger partial charge in [0, 0.05) is 19.8 Å². The van der Waals surface area contributed by atoms with Gasteiger partial charge in [-0.25, -0.2) is 0 Å². The van der Waals surface area contributed by atoms with Crippen LogP contribution < -0.4 is 5.73 Å². The predicted octanol–water partition coefficient (Wildman–Crippen LogP) is 1.29. The van der Waals surface area contributed by atoms with Gasteiger partial charge in [0.2, 0.25) is 0 Å². The molecule has 0 saturated heterocycles. The van der Waals surface area contributed by atoms with Crippen LogP contribution in [0.3, 0.4) is 0 Å². The summed E-state index contributed by atoms with van der Waals surface area (Å²) in [5.41, 5.74) is 6.18. The van der Waals surface area contributed by atoms with Crippen molar-refractivity contribution in [3.8, 4) is 0 Å². The second-order valence-electron chi connectivity index (χ2n) is 4.56. The molecule has 1 rings (SSSR count). The van der Waals surface area contributed by atoms with Crippen LogP contribution in [-0.2, 0) is 4.74 Å². The number of aliphatic hydroxyl groups excluding tert-OH is 1. The first-order valence-corrected chi connectivity index (χ1v) is 5.54. The zero-order chi connectivity index (χ0) is 10.6. The monoisotopic (exact) mass is 201 g/mol. The Hall–Kier alpha value is -0.120. The second kappa shape index (κ2) is 5.10. The van der Waals surface area contributed by atoms with Crippen molar-refractivity contribution in [1.82, 2.24) is 0 Å². The van der Waals surface area contributed by atoms with E-state index in [1.807, 2.05) is 0 Å². The molecule has 0 radical (unpaired) electrons. The van der Waals surface area contributed by atoms with Crippen molar-refractivity contribution < 1.29 is 9.84 Å².